The molecule has 0 saturated heterocycles. The Balaban J connectivity index is 1.38. The Kier molecular flexibility index (Phi) is 5.86. The van der Waals surface area contributed by atoms with Gasteiger partial charge in [0.15, 0.2) is 5.01 Å². The summed E-state index contributed by atoms with van der Waals surface area (Å²) in [6.45, 7) is 0. The second-order valence-corrected chi connectivity index (χ2v) is 9.36. The second-order valence-electron chi connectivity index (χ2n) is 8.35. The Morgan fingerprint density at radius 3 is 2.76 bits per heavy atom. The summed E-state index contributed by atoms with van der Waals surface area (Å²) in [4.78, 5) is 15.6. The van der Waals surface area contributed by atoms with Crippen LogP contribution in [0.4, 0.5) is 10.5 Å². The lowest BCUT2D eigenvalue weighted by atomic mass is 9.86. The van der Waals surface area contributed by atoms with Crippen molar-refractivity contribution in [2.24, 2.45) is 0 Å². The lowest BCUT2D eigenvalue weighted by Gasteiger charge is -2.26. The van der Waals surface area contributed by atoms with Crippen LogP contribution >= 0.6 is 11.3 Å². The van der Waals surface area contributed by atoms with Crippen LogP contribution in [0.15, 0.2) is 42.7 Å². The van der Waals surface area contributed by atoms with E-state index in [-0.39, 0.29) is 6.04 Å². The molecule has 10 heteroatoms. The van der Waals surface area contributed by atoms with E-state index < -0.39 is 6.09 Å². The maximum atomic E-state index is 10.9. The van der Waals surface area contributed by atoms with Gasteiger partial charge in [0.05, 0.1) is 22.7 Å². The number of hydrogen-bond acceptors (Lipinski definition) is 7. The summed E-state index contributed by atoms with van der Waals surface area (Å²) in [5.41, 5.74) is 3.40. The maximum absolute atomic E-state index is 10.9. The highest BCUT2D eigenvalue weighted by Crippen LogP contribution is 2.38. The fourth-order valence-corrected chi connectivity index (χ4v) is 5.57. The van der Waals surface area contributed by atoms with Gasteiger partial charge in [-0.25, -0.2) is 9.78 Å². The zero-order valence-corrected chi connectivity index (χ0v) is 19.3. The SMILES string of the molecule is CNc1cc(-n2ccc3cc(C#N)ccc32)ncc1-c1nnc(C2CCC(NC(=O)O)CC2)s1. The molecule has 4 aromatic rings. The molecule has 9 nitrogen and oxygen atoms in total. The van der Waals surface area contributed by atoms with Crippen molar-refractivity contribution >= 4 is 34.0 Å². The first-order valence-electron chi connectivity index (χ1n) is 11.1. The van der Waals surface area contributed by atoms with Gasteiger partial charge in [0.25, 0.3) is 0 Å². The van der Waals surface area contributed by atoms with Crippen LogP contribution in [-0.4, -0.2) is 44.0 Å². The van der Waals surface area contributed by atoms with Gasteiger partial charge in [-0.05, 0) is 49.9 Å². The number of nitrogens with zero attached hydrogens (tertiary/aromatic N) is 5. The van der Waals surface area contributed by atoms with Crippen LogP contribution < -0.4 is 10.6 Å². The summed E-state index contributed by atoms with van der Waals surface area (Å²) in [7, 11) is 1.87. The van der Waals surface area contributed by atoms with Crippen LogP contribution in [0.2, 0.25) is 0 Å². The van der Waals surface area contributed by atoms with E-state index in [1.54, 1.807) is 17.4 Å². The number of nitrogens with one attached hydrogen (secondary N) is 2. The number of amides is 1. The minimum Gasteiger partial charge on any atom is -0.465 e. The molecule has 1 aliphatic rings. The predicted octanol–water partition coefficient (Wildman–Crippen LogP) is 4.75. The molecular formula is C24H23N7O2S. The average molecular weight is 474 g/mol. The number of benzene rings is 1. The van der Waals surface area contributed by atoms with Gasteiger partial charge < -0.3 is 20.3 Å². The van der Waals surface area contributed by atoms with Crippen molar-refractivity contribution in [3.05, 3.63) is 53.3 Å². The van der Waals surface area contributed by atoms with Gasteiger partial charge in [-0.3, -0.25) is 0 Å². The molecule has 0 radical (unpaired) electrons. The van der Waals surface area contributed by atoms with Crippen LogP contribution in [0.25, 0.3) is 27.3 Å². The Morgan fingerprint density at radius 1 is 1.21 bits per heavy atom. The minimum atomic E-state index is -0.961. The highest BCUT2D eigenvalue weighted by Gasteiger charge is 2.26. The lowest BCUT2D eigenvalue weighted by molar-refractivity contribution is 0.185. The third kappa shape index (κ3) is 4.18. The molecule has 5 rings (SSSR count). The molecule has 1 aliphatic carbocycles. The van der Waals surface area contributed by atoms with Gasteiger partial charge in [0, 0.05) is 48.5 Å². The summed E-state index contributed by atoms with van der Waals surface area (Å²) >= 11 is 1.57. The Labute approximate surface area is 200 Å². The molecule has 3 aromatic heterocycles. The quantitative estimate of drug-likeness (QED) is 0.381. The number of carboxylic acid groups (broad SMARTS) is 1. The van der Waals surface area contributed by atoms with E-state index in [1.165, 1.54) is 0 Å². The zero-order valence-electron chi connectivity index (χ0n) is 18.5. The topological polar surface area (TPSA) is 129 Å². The van der Waals surface area contributed by atoms with Crippen molar-refractivity contribution in [1.29, 1.82) is 5.26 Å². The van der Waals surface area contributed by atoms with E-state index >= 15 is 0 Å². The van der Waals surface area contributed by atoms with Gasteiger partial charge in [0.1, 0.15) is 10.8 Å². The maximum Gasteiger partial charge on any atom is 0.404 e. The van der Waals surface area contributed by atoms with Crippen LogP contribution in [-0.2, 0) is 0 Å². The Morgan fingerprint density at radius 2 is 2.03 bits per heavy atom. The van der Waals surface area contributed by atoms with Gasteiger partial charge in [-0.1, -0.05) is 11.3 Å². The molecule has 34 heavy (non-hydrogen) atoms. The molecule has 1 aromatic carbocycles. The molecule has 0 atom stereocenters. The molecule has 0 spiro atoms. The van der Waals surface area contributed by atoms with E-state index in [4.69, 9.17) is 15.4 Å². The van der Waals surface area contributed by atoms with Crippen LogP contribution in [0.5, 0.6) is 0 Å². The van der Waals surface area contributed by atoms with E-state index in [0.29, 0.717) is 11.5 Å². The molecule has 3 heterocycles. The van der Waals surface area contributed by atoms with Gasteiger partial charge in [0.2, 0.25) is 0 Å². The fourth-order valence-electron chi connectivity index (χ4n) is 4.53. The number of fused-ring (bicyclic) bond motifs is 1. The third-order valence-corrected chi connectivity index (χ3v) is 7.42. The number of pyridine rings is 1. The molecule has 0 aliphatic heterocycles. The predicted molar refractivity (Wildman–Crippen MR) is 130 cm³/mol. The molecule has 0 unspecified atom stereocenters. The van der Waals surface area contributed by atoms with Crippen LogP contribution in [0, 0.1) is 11.3 Å². The average Bonchev–Trinajstić information content (AvgIpc) is 3.51. The number of carbonyl (C=O) groups is 1. The van der Waals surface area contributed by atoms with Gasteiger partial charge in [-0.2, -0.15) is 5.26 Å². The monoisotopic (exact) mass is 473 g/mol. The Hall–Kier alpha value is -3.97. The summed E-state index contributed by atoms with van der Waals surface area (Å²) in [6.07, 6.45) is 6.21. The molecular weight excluding hydrogens is 450 g/mol. The molecule has 1 saturated carbocycles. The summed E-state index contributed by atoms with van der Waals surface area (Å²) in [6, 6.07) is 11.8. The van der Waals surface area contributed by atoms with Crippen molar-refractivity contribution in [1.82, 2.24) is 25.1 Å². The van der Waals surface area contributed by atoms with E-state index in [2.05, 4.69) is 26.9 Å². The van der Waals surface area contributed by atoms with E-state index in [0.717, 1.165) is 63.7 Å². The minimum absolute atomic E-state index is 0.0186. The highest BCUT2D eigenvalue weighted by atomic mass is 32.1. The second kappa shape index (κ2) is 9.11. The first kappa shape index (κ1) is 21.9. The normalized spacial score (nSPS) is 17.9. The van der Waals surface area contributed by atoms with Gasteiger partial charge >= 0.3 is 6.09 Å². The molecule has 0 bridgehead atoms. The number of hydrogen-bond donors (Lipinski definition) is 3. The van der Waals surface area contributed by atoms with Gasteiger partial charge in [-0.15, -0.1) is 10.2 Å². The van der Waals surface area contributed by atoms with Crippen molar-refractivity contribution in [2.45, 2.75) is 37.6 Å². The summed E-state index contributed by atoms with van der Waals surface area (Å²) < 4.78 is 2.00. The van der Waals surface area contributed by atoms with Crippen LogP contribution in [0.3, 0.4) is 0 Å². The summed E-state index contributed by atoms with van der Waals surface area (Å²) in [5, 5.41) is 35.6. The standard InChI is InChI=1S/C24H23N7O2S/c1-26-19-11-21(31-9-8-16-10-14(12-25)2-7-20(16)31)27-13-18(19)23-30-29-22(34-23)15-3-5-17(6-4-15)28-24(32)33/h2,7-11,13,15,17,28H,3-6H2,1H3,(H,26,27)(H,32,33). The molecule has 172 valence electrons. The third-order valence-electron chi connectivity index (χ3n) is 6.30. The number of rotatable bonds is 5. The molecule has 1 amide bonds. The van der Waals surface area contributed by atoms with Crippen LogP contribution in [0.1, 0.15) is 42.2 Å². The number of anilines is 1. The van der Waals surface area contributed by atoms with Crippen molar-refractivity contribution in [2.75, 3.05) is 12.4 Å². The Bertz CT molecular complexity index is 1400. The van der Waals surface area contributed by atoms with E-state index in [1.807, 2.05) is 48.3 Å². The number of aromatic nitrogens is 4. The highest BCUT2D eigenvalue weighted by molar-refractivity contribution is 7.14. The zero-order chi connectivity index (χ0) is 23.7. The smallest absolute Gasteiger partial charge is 0.404 e. The lowest BCUT2D eigenvalue weighted by Crippen LogP contribution is -2.36. The molecule has 3 N–H and O–H groups in total. The first-order valence-corrected chi connectivity index (χ1v) is 11.9. The largest absolute Gasteiger partial charge is 0.465 e. The van der Waals surface area contributed by atoms with Crippen molar-refractivity contribution in [3.8, 4) is 22.5 Å². The van der Waals surface area contributed by atoms with E-state index in [9.17, 15) is 4.79 Å². The molecule has 1 fully saturated rings. The fraction of sp³-hybridized carbons (Fsp3) is 0.292. The van der Waals surface area contributed by atoms with Crippen molar-refractivity contribution < 1.29 is 9.90 Å². The first-order chi connectivity index (χ1) is 16.6. The van der Waals surface area contributed by atoms with Crippen molar-refractivity contribution in [3.63, 3.8) is 0 Å². The summed E-state index contributed by atoms with van der Waals surface area (Å²) in [5.74, 6) is 1.06. The number of nitriles is 1.